The van der Waals surface area contributed by atoms with Gasteiger partial charge in [-0.15, -0.1) is 0 Å². The van der Waals surface area contributed by atoms with Gasteiger partial charge in [0.25, 0.3) is 5.91 Å². The number of anilines is 1. The van der Waals surface area contributed by atoms with E-state index in [-0.39, 0.29) is 24.8 Å². The van der Waals surface area contributed by atoms with Crippen LogP contribution in [0.1, 0.15) is 27.3 Å². The number of carbonyl (C=O) groups is 2. The highest BCUT2D eigenvalue weighted by atomic mass is 16.5. The molecule has 4 aromatic rings. The first-order valence-corrected chi connectivity index (χ1v) is 11.1. The van der Waals surface area contributed by atoms with E-state index in [2.05, 4.69) is 25.8 Å². The quantitative estimate of drug-likeness (QED) is 0.297. The summed E-state index contributed by atoms with van der Waals surface area (Å²) in [7, 11) is 1.60. The Morgan fingerprint density at radius 3 is 2.26 bits per heavy atom. The van der Waals surface area contributed by atoms with E-state index in [0.29, 0.717) is 29.4 Å². The van der Waals surface area contributed by atoms with Gasteiger partial charge >= 0.3 is 0 Å². The van der Waals surface area contributed by atoms with Crippen molar-refractivity contribution in [1.29, 1.82) is 0 Å². The normalized spacial score (nSPS) is 10.6. The number of amides is 2. The van der Waals surface area contributed by atoms with Crippen LogP contribution in [0.25, 0.3) is 11.4 Å². The van der Waals surface area contributed by atoms with Crippen LogP contribution in [0.5, 0.6) is 5.75 Å². The summed E-state index contributed by atoms with van der Waals surface area (Å²) in [5.41, 5.74) is 9.35. The first-order chi connectivity index (χ1) is 17.0. The van der Waals surface area contributed by atoms with Gasteiger partial charge in [-0.3, -0.25) is 14.7 Å². The summed E-state index contributed by atoms with van der Waals surface area (Å²) >= 11 is 0. The molecule has 0 aliphatic rings. The minimum absolute atomic E-state index is 0.0790. The van der Waals surface area contributed by atoms with Crippen LogP contribution in [0, 0.1) is 0 Å². The smallest absolute Gasteiger partial charge is 0.255 e. The average Bonchev–Trinajstić information content (AvgIpc) is 3.38. The summed E-state index contributed by atoms with van der Waals surface area (Å²) in [4.78, 5) is 29.1. The fraction of sp³-hybridized carbons (Fsp3) is 0.154. The molecule has 9 heteroatoms. The van der Waals surface area contributed by atoms with Gasteiger partial charge in [0, 0.05) is 23.4 Å². The van der Waals surface area contributed by atoms with Crippen molar-refractivity contribution in [2.45, 2.75) is 19.5 Å². The van der Waals surface area contributed by atoms with Crippen LogP contribution >= 0.6 is 0 Å². The molecule has 0 aliphatic heterocycles. The Morgan fingerprint density at radius 2 is 1.63 bits per heavy atom. The number of nitrogens with two attached hydrogens (primary N) is 1. The molecule has 0 aliphatic carbocycles. The number of rotatable bonds is 9. The lowest BCUT2D eigenvalue weighted by atomic mass is 10.1. The molecule has 1 heterocycles. The fourth-order valence-electron chi connectivity index (χ4n) is 3.39. The number of benzene rings is 3. The molecule has 35 heavy (non-hydrogen) atoms. The van der Waals surface area contributed by atoms with Crippen molar-refractivity contribution in [2.24, 2.45) is 5.73 Å². The van der Waals surface area contributed by atoms with Gasteiger partial charge in [0.15, 0.2) is 5.82 Å². The maximum Gasteiger partial charge on any atom is 0.255 e. The van der Waals surface area contributed by atoms with Crippen LogP contribution in [0.4, 0.5) is 5.69 Å². The number of H-pyrrole nitrogens is 1. The maximum atomic E-state index is 12.6. The molecule has 3 aromatic carbocycles. The van der Waals surface area contributed by atoms with E-state index in [9.17, 15) is 9.59 Å². The molecule has 178 valence electrons. The Morgan fingerprint density at radius 1 is 0.943 bits per heavy atom. The van der Waals surface area contributed by atoms with Crippen molar-refractivity contribution in [3.05, 3.63) is 95.3 Å². The molecule has 0 spiro atoms. The molecule has 0 saturated carbocycles. The van der Waals surface area contributed by atoms with E-state index >= 15 is 0 Å². The van der Waals surface area contributed by atoms with Gasteiger partial charge in [0.1, 0.15) is 11.6 Å². The summed E-state index contributed by atoms with van der Waals surface area (Å²) in [5.74, 6) is 1.61. The Bertz CT molecular complexity index is 1280. The van der Waals surface area contributed by atoms with Gasteiger partial charge in [-0.05, 0) is 59.7 Å². The molecule has 5 N–H and O–H groups in total. The topological polar surface area (TPSA) is 135 Å². The van der Waals surface area contributed by atoms with Gasteiger partial charge < -0.3 is 21.1 Å². The number of ether oxygens (including phenoxy) is 1. The van der Waals surface area contributed by atoms with Crippen LogP contribution < -0.4 is 21.1 Å². The van der Waals surface area contributed by atoms with E-state index in [1.807, 2.05) is 48.5 Å². The Kier molecular flexibility index (Phi) is 7.49. The van der Waals surface area contributed by atoms with E-state index in [1.54, 1.807) is 31.4 Å². The minimum Gasteiger partial charge on any atom is -0.497 e. The molecule has 4 rings (SSSR count). The summed E-state index contributed by atoms with van der Waals surface area (Å²) in [6.45, 7) is 0.668. The van der Waals surface area contributed by atoms with E-state index < -0.39 is 0 Å². The number of carbonyl (C=O) groups excluding carboxylic acids is 2. The summed E-state index contributed by atoms with van der Waals surface area (Å²) < 4.78 is 5.13. The molecule has 9 nitrogen and oxygen atoms in total. The van der Waals surface area contributed by atoms with Crippen LogP contribution in [0.2, 0.25) is 0 Å². The van der Waals surface area contributed by atoms with E-state index in [4.69, 9.17) is 10.5 Å². The summed E-state index contributed by atoms with van der Waals surface area (Å²) in [6.07, 6.45) is 0.285. The predicted octanol–water partition coefficient (Wildman–Crippen LogP) is 3.05. The van der Waals surface area contributed by atoms with Gasteiger partial charge in [0.05, 0.1) is 20.1 Å². The highest BCUT2D eigenvalue weighted by Gasteiger charge is 2.09. The maximum absolute atomic E-state index is 12.6. The van der Waals surface area contributed by atoms with Crippen molar-refractivity contribution in [1.82, 2.24) is 20.5 Å². The second-order valence-electron chi connectivity index (χ2n) is 7.84. The lowest BCUT2D eigenvalue weighted by molar-refractivity contribution is -0.120. The number of methoxy groups -OCH3 is 1. The zero-order chi connectivity index (χ0) is 24.6. The number of hydrogen-bond acceptors (Lipinski definition) is 6. The first kappa shape index (κ1) is 23.7. The van der Waals surface area contributed by atoms with E-state index in [0.717, 1.165) is 22.4 Å². The number of aromatic nitrogens is 3. The molecular weight excluding hydrogens is 444 g/mol. The number of aromatic amines is 1. The minimum atomic E-state index is -0.226. The standard InChI is InChI=1S/C26H26N6O3/c1-35-22-12-4-17(5-13-22)14-24(33)28-16-18-2-6-20(7-3-18)26(34)29-21-10-8-19(9-11-21)25-30-23(15-27)31-32-25/h2-13H,14-16,27H2,1H3,(H,28,33)(H,29,34)(H,30,31,32). The van der Waals surface area contributed by atoms with Gasteiger partial charge in [0.2, 0.25) is 5.91 Å². The van der Waals surface area contributed by atoms with Crippen molar-refractivity contribution in [2.75, 3.05) is 12.4 Å². The third kappa shape index (κ3) is 6.30. The largest absolute Gasteiger partial charge is 0.497 e. The Hall–Kier alpha value is -4.50. The lowest BCUT2D eigenvalue weighted by Crippen LogP contribution is -2.24. The SMILES string of the molecule is COc1ccc(CC(=O)NCc2ccc(C(=O)Nc3ccc(-c4n[nH]c(CN)n4)cc3)cc2)cc1. The van der Waals surface area contributed by atoms with Gasteiger partial charge in [-0.2, -0.15) is 5.10 Å². The molecular formula is C26H26N6O3. The first-order valence-electron chi connectivity index (χ1n) is 11.1. The lowest BCUT2D eigenvalue weighted by Gasteiger charge is -2.08. The number of nitrogens with one attached hydrogen (secondary N) is 3. The summed E-state index contributed by atoms with van der Waals surface area (Å²) in [6, 6.07) is 21.7. The van der Waals surface area contributed by atoms with Crippen LogP contribution in [0.3, 0.4) is 0 Å². The Balaban J connectivity index is 1.27. The second-order valence-corrected chi connectivity index (χ2v) is 7.84. The number of hydrogen-bond donors (Lipinski definition) is 4. The van der Waals surface area contributed by atoms with Crippen molar-refractivity contribution in [3.8, 4) is 17.1 Å². The molecule has 2 amide bonds. The molecule has 0 fully saturated rings. The average molecular weight is 471 g/mol. The third-order valence-corrected chi connectivity index (χ3v) is 5.36. The second kappa shape index (κ2) is 11.1. The third-order valence-electron chi connectivity index (χ3n) is 5.36. The highest BCUT2D eigenvalue weighted by molar-refractivity contribution is 6.04. The molecule has 0 saturated heterocycles. The van der Waals surface area contributed by atoms with Gasteiger partial charge in [-0.25, -0.2) is 4.98 Å². The van der Waals surface area contributed by atoms with Crippen LogP contribution in [0.15, 0.2) is 72.8 Å². The van der Waals surface area contributed by atoms with Crippen molar-refractivity contribution in [3.63, 3.8) is 0 Å². The highest BCUT2D eigenvalue weighted by Crippen LogP contribution is 2.19. The fourth-order valence-corrected chi connectivity index (χ4v) is 3.39. The van der Waals surface area contributed by atoms with E-state index in [1.165, 1.54) is 0 Å². The molecule has 0 radical (unpaired) electrons. The zero-order valence-electron chi connectivity index (χ0n) is 19.2. The summed E-state index contributed by atoms with van der Waals surface area (Å²) in [5, 5.41) is 12.7. The van der Waals surface area contributed by atoms with Crippen molar-refractivity contribution < 1.29 is 14.3 Å². The predicted molar refractivity (Wildman–Crippen MR) is 133 cm³/mol. The number of nitrogens with zero attached hydrogens (tertiary/aromatic N) is 2. The van der Waals surface area contributed by atoms with Crippen LogP contribution in [-0.4, -0.2) is 34.1 Å². The zero-order valence-corrected chi connectivity index (χ0v) is 19.2. The monoisotopic (exact) mass is 470 g/mol. The molecule has 1 aromatic heterocycles. The Labute approximate surface area is 202 Å². The van der Waals surface area contributed by atoms with Gasteiger partial charge in [-0.1, -0.05) is 24.3 Å². The van der Waals surface area contributed by atoms with Crippen LogP contribution in [-0.2, 0) is 24.3 Å². The molecule has 0 unspecified atom stereocenters. The molecule has 0 atom stereocenters. The van der Waals surface area contributed by atoms with Crippen molar-refractivity contribution >= 4 is 17.5 Å². The molecule has 0 bridgehead atoms.